The standard InChI is InChI=1S/C36H36O17/c1-15-32(52-36-30(46)28(44)26(42)23(51-36)14-48-24(41)11-4-16-2-7-18(37)8-3-16)29(45)31(47)35(49-15)53-34-27(43)25-21(40)12-20(39)13-22(25)50-33(34)17-5-9-19(38)10-6-17/h2-13,15,23,26,28-32,35-40,42,44-47H,14H2,1H3/b11-4+/t15-,23+,26+,28-,29-,30+,31-,32+,35+,36-/m1/s1. The number of hydrogen-bond acceptors (Lipinski definition) is 17. The van der Waals surface area contributed by atoms with Crippen LogP contribution in [0.5, 0.6) is 28.7 Å². The van der Waals surface area contributed by atoms with Crippen LogP contribution >= 0.6 is 0 Å². The van der Waals surface area contributed by atoms with Gasteiger partial charge in [-0.2, -0.15) is 0 Å². The lowest BCUT2D eigenvalue weighted by Gasteiger charge is -2.45. The second-order valence-corrected chi connectivity index (χ2v) is 12.5. The number of aliphatic hydroxyl groups is 5. The summed E-state index contributed by atoms with van der Waals surface area (Å²) in [4.78, 5) is 26.0. The lowest BCUT2D eigenvalue weighted by molar-refractivity contribution is -0.349. The van der Waals surface area contributed by atoms with Gasteiger partial charge in [0.05, 0.1) is 6.10 Å². The molecule has 9 N–H and O–H groups in total. The van der Waals surface area contributed by atoms with Crippen molar-refractivity contribution in [1.29, 1.82) is 0 Å². The van der Waals surface area contributed by atoms with Gasteiger partial charge in [0.1, 0.15) is 83.3 Å². The van der Waals surface area contributed by atoms with Crippen molar-refractivity contribution in [2.24, 2.45) is 0 Å². The molecule has 3 aromatic carbocycles. The van der Waals surface area contributed by atoms with E-state index in [0.717, 1.165) is 18.2 Å². The molecule has 53 heavy (non-hydrogen) atoms. The Hall–Kier alpha value is -5.24. The molecule has 17 heteroatoms. The molecular formula is C36H36O17. The summed E-state index contributed by atoms with van der Waals surface area (Å²) in [5, 5.41) is 93.2. The first-order chi connectivity index (χ1) is 25.2. The molecule has 3 heterocycles. The van der Waals surface area contributed by atoms with Gasteiger partial charge in [-0.3, -0.25) is 4.79 Å². The molecule has 0 amide bonds. The number of carbonyl (C=O) groups excluding carboxylic acids is 1. The van der Waals surface area contributed by atoms with Crippen LogP contribution in [0, 0.1) is 0 Å². The number of rotatable bonds is 9. The first-order valence-corrected chi connectivity index (χ1v) is 16.2. The number of benzene rings is 3. The van der Waals surface area contributed by atoms with Crippen molar-refractivity contribution in [1.82, 2.24) is 0 Å². The fourth-order valence-corrected chi connectivity index (χ4v) is 5.87. The summed E-state index contributed by atoms with van der Waals surface area (Å²) in [5.74, 6) is -2.76. The van der Waals surface area contributed by atoms with Crippen molar-refractivity contribution in [3.63, 3.8) is 0 Å². The third-order valence-corrected chi connectivity index (χ3v) is 8.71. The normalized spacial score (nSPS) is 28.9. The zero-order valence-corrected chi connectivity index (χ0v) is 27.7. The Balaban J connectivity index is 1.17. The van der Waals surface area contributed by atoms with E-state index in [1.165, 1.54) is 49.4 Å². The first kappa shape index (κ1) is 37.5. The SMILES string of the molecule is C[C@H]1O[C@@H](Oc2c(-c3ccc(O)cc3)oc3cc(O)cc(O)c3c2=O)[C@H](O)[C@@H](O)[C@H]1O[C@H]1O[C@@H](COC(=O)/C=C/c2ccc(O)cc2)[C@H](O)[C@@H](O)[C@@H]1O. The molecule has 2 aliphatic rings. The van der Waals surface area contributed by atoms with Crippen LogP contribution in [0.2, 0.25) is 0 Å². The molecule has 6 rings (SSSR count). The quantitative estimate of drug-likeness (QED) is 0.0838. The molecule has 2 fully saturated rings. The molecule has 1 aromatic heterocycles. The van der Waals surface area contributed by atoms with Gasteiger partial charge in [-0.05, 0) is 55.0 Å². The molecule has 0 radical (unpaired) electrons. The molecule has 17 nitrogen and oxygen atoms in total. The lowest BCUT2D eigenvalue weighted by Crippen LogP contribution is -2.64. The number of phenolic OH excluding ortho intramolecular Hbond substituents is 4. The van der Waals surface area contributed by atoms with Crippen LogP contribution in [0.4, 0.5) is 0 Å². The first-order valence-electron chi connectivity index (χ1n) is 16.2. The van der Waals surface area contributed by atoms with Gasteiger partial charge in [0, 0.05) is 23.8 Å². The summed E-state index contributed by atoms with van der Waals surface area (Å²) in [5.41, 5.74) is -0.363. The Bertz CT molecular complexity index is 2010. The van der Waals surface area contributed by atoms with Crippen LogP contribution in [0.25, 0.3) is 28.4 Å². The molecule has 0 saturated carbocycles. The van der Waals surface area contributed by atoms with E-state index in [4.69, 9.17) is 28.1 Å². The van der Waals surface area contributed by atoms with E-state index in [2.05, 4.69) is 0 Å². The predicted octanol–water partition coefficient (Wildman–Crippen LogP) is 0.577. The highest BCUT2D eigenvalue weighted by atomic mass is 16.7. The smallest absolute Gasteiger partial charge is 0.330 e. The minimum absolute atomic E-state index is 0.0378. The summed E-state index contributed by atoms with van der Waals surface area (Å²) in [6.45, 7) is 0.808. The molecular weight excluding hydrogens is 704 g/mol. The van der Waals surface area contributed by atoms with Crippen molar-refractivity contribution in [2.75, 3.05) is 6.61 Å². The van der Waals surface area contributed by atoms with Gasteiger partial charge < -0.3 is 74.1 Å². The number of hydrogen-bond donors (Lipinski definition) is 9. The molecule has 0 bridgehead atoms. The number of ether oxygens (including phenoxy) is 5. The molecule has 282 valence electrons. The maximum atomic E-state index is 13.7. The van der Waals surface area contributed by atoms with Crippen LogP contribution in [0.3, 0.4) is 0 Å². The Morgan fingerprint density at radius 3 is 2.09 bits per heavy atom. The van der Waals surface area contributed by atoms with E-state index < -0.39 is 96.7 Å². The molecule has 2 aliphatic heterocycles. The topological polar surface area (TPSA) is 275 Å². The number of fused-ring (bicyclic) bond motifs is 1. The Morgan fingerprint density at radius 2 is 1.42 bits per heavy atom. The van der Waals surface area contributed by atoms with Crippen LogP contribution in [-0.2, 0) is 23.7 Å². The van der Waals surface area contributed by atoms with Gasteiger partial charge in [0.25, 0.3) is 0 Å². The second kappa shape index (κ2) is 15.4. The van der Waals surface area contributed by atoms with Crippen molar-refractivity contribution in [3.05, 3.63) is 82.5 Å². The number of carbonyl (C=O) groups is 1. The average molecular weight is 741 g/mol. The van der Waals surface area contributed by atoms with E-state index in [-0.39, 0.29) is 33.8 Å². The fraction of sp³-hybridized carbons (Fsp3) is 0.333. The highest BCUT2D eigenvalue weighted by molar-refractivity contribution is 5.88. The van der Waals surface area contributed by atoms with Crippen molar-refractivity contribution in [2.45, 2.75) is 68.3 Å². The monoisotopic (exact) mass is 740 g/mol. The predicted molar refractivity (Wildman–Crippen MR) is 180 cm³/mol. The second-order valence-electron chi connectivity index (χ2n) is 12.5. The Morgan fingerprint density at radius 1 is 0.774 bits per heavy atom. The van der Waals surface area contributed by atoms with E-state index in [1.807, 2.05) is 0 Å². The van der Waals surface area contributed by atoms with E-state index >= 15 is 0 Å². The highest BCUT2D eigenvalue weighted by Gasteiger charge is 2.50. The van der Waals surface area contributed by atoms with Crippen LogP contribution in [0.15, 0.2) is 76.0 Å². The van der Waals surface area contributed by atoms with Gasteiger partial charge in [-0.1, -0.05) is 12.1 Å². The minimum atomic E-state index is -1.94. The van der Waals surface area contributed by atoms with Crippen LogP contribution in [0.1, 0.15) is 12.5 Å². The van der Waals surface area contributed by atoms with Crippen molar-refractivity contribution >= 4 is 23.0 Å². The zero-order chi connectivity index (χ0) is 38.1. The molecule has 4 aromatic rings. The largest absolute Gasteiger partial charge is 0.508 e. The van der Waals surface area contributed by atoms with Gasteiger partial charge in [-0.25, -0.2) is 4.79 Å². The van der Waals surface area contributed by atoms with Gasteiger partial charge >= 0.3 is 5.97 Å². The summed E-state index contributed by atoms with van der Waals surface area (Å²) < 4.78 is 33.9. The molecule has 2 saturated heterocycles. The third-order valence-electron chi connectivity index (χ3n) is 8.71. The summed E-state index contributed by atoms with van der Waals surface area (Å²) in [6, 6.07) is 13.3. The van der Waals surface area contributed by atoms with Gasteiger partial charge in [0.2, 0.25) is 17.5 Å². The molecule has 0 spiro atoms. The number of aromatic hydroxyl groups is 4. The highest BCUT2D eigenvalue weighted by Crippen LogP contribution is 2.38. The van der Waals surface area contributed by atoms with Crippen LogP contribution < -0.4 is 10.2 Å². The molecule has 0 aliphatic carbocycles. The van der Waals surface area contributed by atoms with Crippen molar-refractivity contribution in [3.8, 4) is 40.1 Å². The summed E-state index contributed by atoms with van der Waals surface area (Å²) in [7, 11) is 0. The third kappa shape index (κ3) is 7.92. The number of esters is 1. The van der Waals surface area contributed by atoms with Crippen LogP contribution in [-0.4, -0.2) is 120 Å². The maximum Gasteiger partial charge on any atom is 0.330 e. The average Bonchev–Trinajstić information content (AvgIpc) is 3.12. The van der Waals surface area contributed by atoms with E-state index in [1.54, 1.807) is 12.1 Å². The van der Waals surface area contributed by atoms with E-state index in [9.17, 15) is 55.5 Å². The van der Waals surface area contributed by atoms with Gasteiger partial charge in [-0.15, -0.1) is 0 Å². The fourth-order valence-electron chi connectivity index (χ4n) is 5.87. The van der Waals surface area contributed by atoms with E-state index in [0.29, 0.717) is 5.56 Å². The number of aliphatic hydroxyl groups excluding tert-OH is 5. The van der Waals surface area contributed by atoms with Gasteiger partial charge in [0.15, 0.2) is 12.1 Å². The number of phenols is 4. The Labute approximate surface area is 299 Å². The molecule has 10 atom stereocenters. The summed E-state index contributed by atoms with van der Waals surface area (Å²) >= 11 is 0. The Kier molecular flexibility index (Phi) is 10.9. The van der Waals surface area contributed by atoms with Crippen molar-refractivity contribution < 1.29 is 78.9 Å². The minimum Gasteiger partial charge on any atom is -0.508 e. The summed E-state index contributed by atoms with van der Waals surface area (Å²) in [6.07, 6.45) is -14.3. The maximum absolute atomic E-state index is 13.7. The lowest BCUT2D eigenvalue weighted by atomic mass is 9.97. The zero-order valence-electron chi connectivity index (χ0n) is 27.7. The molecule has 0 unspecified atom stereocenters.